The second-order valence-corrected chi connectivity index (χ2v) is 1.85. The average molecular weight is 341 g/mol. The van der Waals surface area contributed by atoms with Gasteiger partial charge in [-0.05, 0) is 19.4 Å². The van der Waals surface area contributed by atoms with Gasteiger partial charge in [0.05, 0.1) is 6.26 Å². The summed E-state index contributed by atoms with van der Waals surface area (Å²) in [7, 11) is 0. The fraction of sp³-hybridized carbons (Fsp3) is 0.500. The number of Topliss-reactive ketones (excluding diaryl/α,β-unsaturated/α-hetero) is 1. The van der Waals surface area contributed by atoms with E-state index in [4.69, 9.17) is 5.11 Å². The Hall–Kier alpha value is 0.652. The topological polar surface area (TPSA) is 37.3 Å². The van der Waals surface area contributed by atoms with Gasteiger partial charge in [-0.15, -0.1) is 0 Å². The maximum Gasteiger partial charge on any atom is 0.133 e. The molecule has 0 aliphatic heterocycles. The minimum Gasteiger partial charge on any atom is -0.516 e. The van der Waals surface area contributed by atoms with Crippen LogP contribution in [-0.4, -0.2) is 10.9 Å². The van der Waals surface area contributed by atoms with E-state index in [1.165, 1.54) is 6.92 Å². The predicted molar refractivity (Wildman–Crippen MR) is 31.7 cm³/mol. The van der Waals surface area contributed by atoms with Gasteiger partial charge in [0.15, 0.2) is 0 Å². The van der Waals surface area contributed by atoms with Crippen molar-refractivity contribution < 1.29 is 54.0 Å². The molecular weight excluding hydrogens is 331 g/mol. The van der Waals surface area contributed by atoms with Crippen LogP contribution in [0.15, 0.2) is 11.8 Å². The standard InChI is InChI=1S/C6H10O2.Ac/c1-5(4-7)3-6(2)8;/h4,7H,3H2,1-2H3;. The molecule has 0 spiro atoms. The molecule has 0 aliphatic carbocycles. The fourth-order valence-electron chi connectivity index (χ4n) is 0.438. The van der Waals surface area contributed by atoms with E-state index in [0.717, 1.165) is 6.26 Å². The Morgan fingerprint density at radius 2 is 2.00 bits per heavy atom. The first-order chi connectivity index (χ1) is 3.66. The van der Waals surface area contributed by atoms with Crippen molar-refractivity contribution in [2.45, 2.75) is 20.3 Å². The quantitative estimate of drug-likeness (QED) is 0.772. The first-order valence-electron chi connectivity index (χ1n) is 2.46. The summed E-state index contributed by atoms with van der Waals surface area (Å²) in [6, 6.07) is 0. The van der Waals surface area contributed by atoms with Crippen molar-refractivity contribution in [2.75, 3.05) is 0 Å². The average Bonchev–Trinajstić information content (AvgIpc) is 1.65. The number of ketones is 1. The molecule has 0 bridgehead atoms. The molecule has 0 unspecified atom stereocenters. The van der Waals surface area contributed by atoms with Crippen molar-refractivity contribution in [3.63, 3.8) is 0 Å². The molecule has 1 N–H and O–H groups in total. The molecule has 0 heterocycles. The molecule has 0 aromatic rings. The number of hydrogen-bond acceptors (Lipinski definition) is 2. The third-order valence-corrected chi connectivity index (χ3v) is 0.748. The third kappa shape index (κ3) is 8.65. The number of allylic oxidation sites excluding steroid dienone is 1. The third-order valence-electron chi connectivity index (χ3n) is 0.748. The van der Waals surface area contributed by atoms with Gasteiger partial charge in [0.1, 0.15) is 5.78 Å². The molecule has 0 aromatic carbocycles. The van der Waals surface area contributed by atoms with Crippen LogP contribution in [0.3, 0.4) is 0 Å². The van der Waals surface area contributed by atoms with E-state index in [9.17, 15) is 4.79 Å². The molecule has 0 atom stereocenters. The van der Waals surface area contributed by atoms with Crippen LogP contribution in [0.1, 0.15) is 20.3 Å². The zero-order valence-corrected chi connectivity index (χ0v) is 10.5. The predicted octanol–water partition coefficient (Wildman–Crippen LogP) is 1.43. The SMILES string of the molecule is CC(=O)CC(C)=CO.[Ac]. The van der Waals surface area contributed by atoms with Crippen LogP contribution < -0.4 is 0 Å². The number of rotatable bonds is 2. The molecule has 0 fully saturated rings. The van der Waals surface area contributed by atoms with Gasteiger partial charge in [0.2, 0.25) is 0 Å². The van der Waals surface area contributed by atoms with Crippen molar-refractivity contribution >= 4 is 5.78 Å². The van der Waals surface area contributed by atoms with Gasteiger partial charge in [-0.3, -0.25) is 4.79 Å². The van der Waals surface area contributed by atoms with Gasteiger partial charge < -0.3 is 5.11 Å². The normalized spacial score (nSPS) is 10.2. The smallest absolute Gasteiger partial charge is 0.133 e. The molecule has 0 rings (SSSR count). The van der Waals surface area contributed by atoms with Gasteiger partial charge in [0.25, 0.3) is 0 Å². The van der Waals surface area contributed by atoms with Crippen molar-refractivity contribution in [3.8, 4) is 0 Å². The minimum absolute atomic E-state index is 0. The van der Waals surface area contributed by atoms with E-state index in [-0.39, 0.29) is 49.8 Å². The van der Waals surface area contributed by atoms with E-state index in [1.54, 1.807) is 6.92 Å². The fourth-order valence-corrected chi connectivity index (χ4v) is 0.438. The molecule has 0 aliphatic rings. The van der Waals surface area contributed by atoms with Crippen molar-refractivity contribution in [3.05, 3.63) is 11.8 Å². The summed E-state index contributed by atoms with van der Waals surface area (Å²) in [4.78, 5) is 10.3. The molecule has 0 aromatic heterocycles. The second kappa shape index (κ2) is 6.77. The maximum absolute atomic E-state index is 10.3. The molecule has 2 nitrogen and oxygen atoms in total. The second-order valence-electron chi connectivity index (χ2n) is 1.85. The summed E-state index contributed by atoms with van der Waals surface area (Å²) in [6.45, 7) is 3.20. The van der Waals surface area contributed by atoms with Crippen LogP contribution in [0.4, 0.5) is 0 Å². The Morgan fingerprint density at radius 1 is 1.56 bits per heavy atom. The minimum atomic E-state index is 0. The largest absolute Gasteiger partial charge is 0.516 e. The molecule has 9 heavy (non-hydrogen) atoms. The van der Waals surface area contributed by atoms with Crippen LogP contribution in [0, 0.1) is 44.1 Å². The maximum atomic E-state index is 10.3. The first kappa shape index (κ1) is 12.3. The van der Waals surface area contributed by atoms with Gasteiger partial charge in [0, 0.05) is 50.5 Å². The van der Waals surface area contributed by atoms with E-state index < -0.39 is 0 Å². The van der Waals surface area contributed by atoms with Crippen molar-refractivity contribution in [2.24, 2.45) is 0 Å². The molecule has 1 radical (unpaired) electrons. The van der Waals surface area contributed by atoms with E-state index in [2.05, 4.69) is 0 Å². The summed E-state index contributed by atoms with van der Waals surface area (Å²) in [5.74, 6) is 0.0767. The molecule has 3 heteroatoms. The van der Waals surface area contributed by atoms with Gasteiger partial charge in [-0.1, -0.05) is 0 Å². The first-order valence-corrected chi connectivity index (χ1v) is 2.46. The summed E-state index contributed by atoms with van der Waals surface area (Å²) in [6.07, 6.45) is 1.32. The molecule has 0 saturated heterocycles. The molecule has 0 amide bonds. The number of aliphatic hydroxyl groups excluding tert-OH is 1. The monoisotopic (exact) mass is 341 g/mol. The summed E-state index contributed by atoms with van der Waals surface area (Å²) >= 11 is 0. The van der Waals surface area contributed by atoms with E-state index in [0.29, 0.717) is 12.0 Å². The van der Waals surface area contributed by atoms with Crippen molar-refractivity contribution in [1.82, 2.24) is 0 Å². The Balaban J connectivity index is 0. The van der Waals surface area contributed by atoms with Crippen LogP contribution in [0.25, 0.3) is 0 Å². The van der Waals surface area contributed by atoms with Crippen LogP contribution in [-0.2, 0) is 4.79 Å². The van der Waals surface area contributed by atoms with Crippen molar-refractivity contribution in [1.29, 1.82) is 0 Å². The van der Waals surface area contributed by atoms with Gasteiger partial charge in [-0.25, -0.2) is 0 Å². The Morgan fingerprint density at radius 3 is 2.11 bits per heavy atom. The summed E-state index contributed by atoms with van der Waals surface area (Å²) in [5, 5.41) is 8.27. The number of carbonyl (C=O) groups is 1. The Labute approximate surface area is 90.9 Å². The van der Waals surface area contributed by atoms with E-state index in [1.807, 2.05) is 0 Å². The molecule has 0 saturated carbocycles. The Kier molecular flexibility index (Phi) is 9.28. The van der Waals surface area contributed by atoms with Gasteiger partial charge >= 0.3 is 0 Å². The molecule has 49 valence electrons. The number of hydrogen-bond donors (Lipinski definition) is 1. The van der Waals surface area contributed by atoms with E-state index >= 15 is 0 Å². The summed E-state index contributed by atoms with van der Waals surface area (Å²) < 4.78 is 0. The molecular formula is C6H10AcO2. The number of aliphatic hydroxyl groups is 1. The summed E-state index contributed by atoms with van der Waals surface area (Å²) in [5.41, 5.74) is 0.706. The zero-order valence-electron chi connectivity index (χ0n) is 5.72. The Bertz CT molecular complexity index is 118. The zero-order chi connectivity index (χ0) is 6.57. The van der Waals surface area contributed by atoms with Crippen LogP contribution >= 0.6 is 0 Å². The number of carbonyl (C=O) groups excluding carboxylic acids is 1. The van der Waals surface area contributed by atoms with Crippen LogP contribution in [0.5, 0.6) is 0 Å². The van der Waals surface area contributed by atoms with Crippen LogP contribution in [0.2, 0.25) is 0 Å². The van der Waals surface area contributed by atoms with Gasteiger partial charge in [-0.2, -0.15) is 0 Å².